The van der Waals surface area contributed by atoms with Gasteiger partial charge in [0.2, 0.25) is 0 Å². The highest BCUT2D eigenvalue weighted by atomic mass is 16.8. The van der Waals surface area contributed by atoms with E-state index in [-0.39, 0.29) is 40.8 Å². The first-order chi connectivity index (χ1) is 24.6. The Bertz CT molecular complexity index is 1350. The first kappa shape index (κ1) is 38.1. The van der Waals surface area contributed by atoms with Gasteiger partial charge in [0.1, 0.15) is 42.7 Å². The lowest BCUT2D eigenvalue weighted by atomic mass is 9.45. The van der Waals surface area contributed by atoms with Crippen molar-refractivity contribution in [2.24, 2.45) is 40.4 Å². The fourth-order valence-electron chi connectivity index (χ4n) is 12.5. The maximum atomic E-state index is 12.9. The van der Waals surface area contributed by atoms with Gasteiger partial charge in [-0.05, 0) is 75.0 Å². The number of ether oxygens (including phenoxy) is 6. The van der Waals surface area contributed by atoms with Crippen molar-refractivity contribution in [2.45, 2.75) is 177 Å². The van der Waals surface area contributed by atoms with Crippen LogP contribution < -0.4 is 0 Å². The molecule has 0 amide bonds. The van der Waals surface area contributed by atoms with Crippen molar-refractivity contribution in [2.75, 3.05) is 13.2 Å². The molecule has 21 atom stereocenters. The Hall–Kier alpha value is -0.780. The van der Waals surface area contributed by atoms with Gasteiger partial charge in [0, 0.05) is 30.1 Å². The summed E-state index contributed by atoms with van der Waals surface area (Å²) in [5.41, 5.74) is 0.0478. The van der Waals surface area contributed by atoms with Crippen LogP contribution in [0, 0.1) is 40.4 Å². The Kier molecular flexibility index (Phi) is 9.83. The number of hydrogen-bond donors (Lipinski definition) is 7. The lowest BCUT2D eigenvalue weighted by Crippen LogP contribution is -2.64. The summed E-state index contributed by atoms with van der Waals surface area (Å²) in [5.74, 6) is 0.876. The summed E-state index contributed by atoms with van der Waals surface area (Å²) < 4.78 is 37.4. The molecule has 0 aromatic carbocycles. The Morgan fingerprint density at radius 2 is 1.60 bits per heavy atom. The van der Waals surface area contributed by atoms with Gasteiger partial charge in [-0.15, -0.1) is 0 Å². The summed E-state index contributed by atoms with van der Waals surface area (Å²) in [6, 6.07) is 0. The van der Waals surface area contributed by atoms with Crippen LogP contribution >= 0.6 is 0 Å². The van der Waals surface area contributed by atoms with E-state index in [0.717, 1.165) is 45.1 Å². The third kappa shape index (κ3) is 5.58. The van der Waals surface area contributed by atoms with Gasteiger partial charge in [-0.3, -0.25) is 0 Å². The van der Waals surface area contributed by atoms with Crippen molar-refractivity contribution in [1.82, 2.24) is 0 Å². The number of allylic oxidation sites excluding steroid dienone is 1. The molecule has 7 fully saturated rings. The molecular formula is C39H62O13. The second-order valence-corrected chi connectivity index (χ2v) is 18.4. The van der Waals surface area contributed by atoms with E-state index >= 15 is 0 Å². The molecule has 13 nitrogen and oxygen atoms in total. The van der Waals surface area contributed by atoms with Gasteiger partial charge in [-0.25, -0.2) is 0 Å². The molecule has 4 saturated heterocycles. The maximum absolute atomic E-state index is 12.9. The Morgan fingerprint density at radius 1 is 0.827 bits per heavy atom. The third-order valence-electron chi connectivity index (χ3n) is 15.7. The van der Waals surface area contributed by atoms with Gasteiger partial charge in [0.05, 0.1) is 37.1 Å². The van der Waals surface area contributed by atoms with Crippen LogP contribution in [0.1, 0.15) is 92.4 Å². The zero-order chi connectivity index (χ0) is 37.1. The number of hydrogen-bond acceptors (Lipinski definition) is 13. The van der Waals surface area contributed by atoms with Gasteiger partial charge in [-0.1, -0.05) is 39.3 Å². The van der Waals surface area contributed by atoms with E-state index in [0.29, 0.717) is 31.1 Å². The molecule has 7 N–H and O–H groups in total. The molecule has 1 spiro atoms. The summed E-state index contributed by atoms with van der Waals surface area (Å²) in [4.78, 5) is 0. The van der Waals surface area contributed by atoms with Crippen molar-refractivity contribution in [1.29, 1.82) is 0 Å². The normalized spacial score (nSPS) is 58.9. The molecule has 4 aliphatic heterocycles. The molecule has 3 saturated carbocycles. The van der Waals surface area contributed by atoms with Crippen LogP contribution in [0.15, 0.2) is 11.6 Å². The number of fused-ring (bicyclic) bond motifs is 7. The topological polar surface area (TPSA) is 197 Å². The third-order valence-corrected chi connectivity index (χ3v) is 15.7. The summed E-state index contributed by atoms with van der Waals surface area (Å²) in [7, 11) is 0. The summed E-state index contributed by atoms with van der Waals surface area (Å²) >= 11 is 0. The Labute approximate surface area is 306 Å². The summed E-state index contributed by atoms with van der Waals surface area (Å²) in [5, 5.41) is 75.8. The van der Waals surface area contributed by atoms with E-state index in [1.54, 1.807) is 0 Å². The van der Waals surface area contributed by atoms with Crippen LogP contribution in [0.4, 0.5) is 0 Å². The molecule has 0 aromatic heterocycles. The highest BCUT2D eigenvalue weighted by Crippen LogP contribution is 2.72. The summed E-state index contributed by atoms with van der Waals surface area (Å²) in [6.07, 6.45) is -4.13. The van der Waals surface area contributed by atoms with Gasteiger partial charge >= 0.3 is 0 Å². The molecule has 296 valence electrons. The van der Waals surface area contributed by atoms with Crippen LogP contribution in [0.25, 0.3) is 0 Å². The van der Waals surface area contributed by atoms with Gasteiger partial charge in [0.15, 0.2) is 18.4 Å². The van der Waals surface area contributed by atoms with E-state index in [9.17, 15) is 35.7 Å². The molecule has 4 heterocycles. The highest BCUT2D eigenvalue weighted by molar-refractivity contribution is 5.29. The number of aliphatic hydroxyl groups is 7. The molecule has 0 aromatic rings. The van der Waals surface area contributed by atoms with E-state index < -0.39 is 79.4 Å². The minimum atomic E-state index is -1.63. The minimum absolute atomic E-state index is 0.0154. The predicted octanol–water partition coefficient (Wildman–Crippen LogP) is 1.50. The summed E-state index contributed by atoms with van der Waals surface area (Å²) in [6.45, 7) is 10.9. The lowest BCUT2D eigenvalue weighted by molar-refractivity contribution is -0.369. The zero-order valence-corrected chi connectivity index (χ0v) is 31.3. The zero-order valence-electron chi connectivity index (χ0n) is 31.3. The average molecular weight is 739 g/mol. The standard InChI is InChI=1S/C39H62O13/c1-18-8-13-39(47-17-18)19(2)27-25(52-39)15-38(46)24-7-6-21-14-22(9-11-36(21,4)23(24)10-12-37(27,38)5)49-35-33(31(44)29(42)26(16-40)50-35)51-34-32(45)30(43)28(41)20(3)48-34/h6,18-20,22-35,40-46H,7-17H2,1-5H3/t18?,19-,20-,22-,23-,24+,25-,26+,27-,28-,29+,30+,31-,32+,33+,34-,35+,36-,37+,38?,39+/m0/s1. The number of aliphatic hydroxyl groups excluding tert-OH is 6. The van der Waals surface area contributed by atoms with E-state index in [2.05, 4.69) is 33.8 Å². The van der Waals surface area contributed by atoms with Crippen LogP contribution in [0.5, 0.6) is 0 Å². The fourth-order valence-corrected chi connectivity index (χ4v) is 12.5. The minimum Gasteiger partial charge on any atom is -0.394 e. The second kappa shape index (κ2) is 13.4. The smallest absolute Gasteiger partial charge is 0.187 e. The molecule has 0 bridgehead atoms. The van der Waals surface area contributed by atoms with Crippen LogP contribution in [0.3, 0.4) is 0 Å². The Morgan fingerprint density at radius 3 is 2.31 bits per heavy atom. The Balaban J connectivity index is 0.982. The molecule has 52 heavy (non-hydrogen) atoms. The van der Waals surface area contributed by atoms with Crippen LogP contribution in [-0.2, 0) is 28.4 Å². The SMILES string of the molecule is CC1CC[C@@]2(OC1)O[C@H]1CC3(O)[C@@H]4CC=C5C[C@@H](O[C@@H]6O[C@H](CO)[C@@H](O)[C@H](O)[C@H]6O[C@@H]6O[C@@H](C)[C@H](O)[C@@H](O)[C@H]6O)CC[C@]5(C)[C@H]4CC[C@]3(C)[C@H]1[C@@H]2C. The molecule has 2 unspecified atom stereocenters. The monoisotopic (exact) mass is 738 g/mol. The fraction of sp³-hybridized carbons (Fsp3) is 0.949. The average Bonchev–Trinajstić information content (AvgIpc) is 3.51. The molecule has 8 aliphatic rings. The highest BCUT2D eigenvalue weighted by Gasteiger charge is 2.74. The molecule has 0 radical (unpaired) electrons. The predicted molar refractivity (Wildman–Crippen MR) is 183 cm³/mol. The second-order valence-electron chi connectivity index (χ2n) is 18.4. The maximum Gasteiger partial charge on any atom is 0.187 e. The molecule has 8 rings (SSSR count). The quantitative estimate of drug-likeness (QED) is 0.201. The molecule has 4 aliphatic carbocycles. The van der Waals surface area contributed by atoms with Crippen molar-refractivity contribution in [3.8, 4) is 0 Å². The van der Waals surface area contributed by atoms with Crippen molar-refractivity contribution < 1.29 is 64.2 Å². The largest absolute Gasteiger partial charge is 0.394 e. The van der Waals surface area contributed by atoms with Gasteiger partial charge < -0.3 is 64.2 Å². The van der Waals surface area contributed by atoms with E-state index in [1.807, 2.05) is 0 Å². The number of rotatable bonds is 5. The first-order valence-corrected chi connectivity index (χ1v) is 19.9. The van der Waals surface area contributed by atoms with E-state index in [4.69, 9.17) is 28.4 Å². The van der Waals surface area contributed by atoms with Crippen molar-refractivity contribution in [3.05, 3.63) is 11.6 Å². The van der Waals surface area contributed by atoms with Crippen molar-refractivity contribution in [3.63, 3.8) is 0 Å². The van der Waals surface area contributed by atoms with Gasteiger partial charge in [-0.2, -0.15) is 0 Å². The van der Waals surface area contributed by atoms with Crippen molar-refractivity contribution >= 4 is 0 Å². The molecular weight excluding hydrogens is 676 g/mol. The van der Waals surface area contributed by atoms with E-state index in [1.165, 1.54) is 12.5 Å². The van der Waals surface area contributed by atoms with Gasteiger partial charge in [0.25, 0.3) is 0 Å². The van der Waals surface area contributed by atoms with Crippen LogP contribution in [0.2, 0.25) is 0 Å². The van der Waals surface area contributed by atoms with Crippen LogP contribution in [-0.4, -0.2) is 134 Å². The first-order valence-electron chi connectivity index (χ1n) is 19.9. The molecule has 13 heteroatoms. The lowest BCUT2D eigenvalue weighted by Gasteiger charge is -2.62.